The molecule has 0 fully saturated rings. The van der Waals surface area contributed by atoms with Crippen molar-refractivity contribution in [1.82, 2.24) is 0 Å². The molecule has 0 aromatic heterocycles. The first kappa shape index (κ1) is 24.4. The summed E-state index contributed by atoms with van der Waals surface area (Å²) in [4.78, 5) is 0. The van der Waals surface area contributed by atoms with Crippen molar-refractivity contribution in [2.75, 3.05) is 6.61 Å². The highest BCUT2D eigenvalue weighted by Gasteiger charge is 2.28. The van der Waals surface area contributed by atoms with Gasteiger partial charge in [0.05, 0.1) is 5.60 Å². The minimum Gasteiger partial charge on any atom is -0.371 e. The van der Waals surface area contributed by atoms with E-state index in [-0.39, 0.29) is 11.0 Å². The van der Waals surface area contributed by atoms with E-state index in [0.29, 0.717) is 5.92 Å². The van der Waals surface area contributed by atoms with E-state index in [2.05, 4.69) is 104 Å². The third-order valence-corrected chi connectivity index (χ3v) is 7.13. The Bertz CT molecular complexity index is 784. The monoisotopic (exact) mass is 406 g/mol. The van der Waals surface area contributed by atoms with Crippen LogP contribution in [0.4, 0.5) is 0 Å². The van der Waals surface area contributed by atoms with E-state index in [1.54, 1.807) is 0 Å². The zero-order chi connectivity index (χ0) is 22.4. The highest BCUT2D eigenvalue weighted by molar-refractivity contribution is 5.41. The zero-order valence-electron chi connectivity index (χ0n) is 20.3. The Labute approximate surface area is 185 Å². The molecule has 2 rings (SSSR count). The molecule has 1 nitrogen and oxygen atoms in total. The number of rotatable bonds is 11. The average Bonchev–Trinajstić information content (AvgIpc) is 2.78. The van der Waals surface area contributed by atoms with E-state index >= 15 is 0 Å². The SMILES string of the molecule is C=CC(C)c1ccc(C(C)(C)c2ccc([C@@](C)(CC)OCCC(C)CC)cc2)cc1. The molecule has 0 N–H and O–H groups in total. The summed E-state index contributed by atoms with van der Waals surface area (Å²) in [6.45, 7) is 20.5. The second kappa shape index (κ2) is 10.4. The van der Waals surface area contributed by atoms with E-state index in [0.717, 1.165) is 25.4 Å². The lowest BCUT2D eigenvalue weighted by molar-refractivity contribution is -0.0441. The quantitative estimate of drug-likeness (QED) is 0.340. The van der Waals surface area contributed by atoms with Crippen LogP contribution in [0.25, 0.3) is 0 Å². The average molecular weight is 407 g/mol. The maximum absolute atomic E-state index is 6.39. The number of benzene rings is 2. The van der Waals surface area contributed by atoms with Gasteiger partial charge in [-0.05, 0) is 53.9 Å². The maximum Gasteiger partial charge on any atom is 0.0900 e. The van der Waals surface area contributed by atoms with Gasteiger partial charge in [-0.2, -0.15) is 0 Å². The molecule has 1 heteroatoms. The van der Waals surface area contributed by atoms with Gasteiger partial charge in [-0.25, -0.2) is 0 Å². The van der Waals surface area contributed by atoms with Crippen molar-refractivity contribution in [2.24, 2.45) is 5.92 Å². The molecule has 0 amide bonds. The third-order valence-electron chi connectivity index (χ3n) is 7.13. The Balaban J connectivity index is 2.18. The van der Waals surface area contributed by atoms with Crippen LogP contribution in [-0.2, 0) is 15.8 Å². The van der Waals surface area contributed by atoms with E-state index in [9.17, 15) is 0 Å². The van der Waals surface area contributed by atoms with Gasteiger partial charge in [0.15, 0.2) is 0 Å². The van der Waals surface area contributed by atoms with Gasteiger partial charge in [-0.3, -0.25) is 0 Å². The number of ether oxygens (including phenoxy) is 1. The lowest BCUT2D eigenvalue weighted by Gasteiger charge is -2.32. The summed E-state index contributed by atoms with van der Waals surface area (Å²) in [5, 5.41) is 0. The van der Waals surface area contributed by atoms with Crippen molar-refractivity contribution in [3.05, 3.63) is 83.4 Å². The van der Waals surface area contributed by atoms with Crippen LogP contribution >= 0.6 is 0 Å². The third kappa shape index (κ3) is 5.64. The van der Waals surface area contributed by atoms with Crippen molar-refractivity contribution < 1.29 is 4.74 Å². The molecule has 0 heterocycles. The van der Waals surface area contributed by atoms with Crippen LogP contribution in [0.5, 0.6) is 0 Å². The summed E-state index contributed by atoms with van der Waals surface area (Å²) >= 11 is 0. The smallest absolute Gasteiger partial charge is 0.0900 e. The Kier molecular flexibility index (Phi) is 8.50. The molecule has 3 atom stereocenters. The van der Waals surface area contributed by atoms with Crippen LogP contribution in [0.2, 0.25) is 0 Å². The van der Waals surface area contributed by atoms with Gasteiger partial charge in [-0.1, -0.05) is 103 Å². The first-order valence-electron chi connectivity index (χ1n) is 11.7. The number of hydrogen-bond donors (Lipinski definition) is 0. The summed E-state index contributed by atoms with van der Waals surface area (Å²) < 4.78 is 6.39. The second-order valence-electron chi connectivity index (χ2n) is 9.58. The van der Waals surface area contributed by atoms with Gasteiger partial charge in [0.25, 0.3) is 0 Å². The number of allylic oxidation sites excluding steroid dienone is 1. The van der Waals surface area contributed by atoms with Gasteiger partial charge in [0, 0.05) is 12.0 Å². The minimum absolute atomic E-state index is 0.0471. The van der Waals surface area contributed by atoms with Gasteiger partial charge in [0.2, 0.25) is 0 Å². The van der Waals surface area contributed by atoms with Gasteiger partial charge >= 0.3 is 0 Å². The summed E-state index contributed by atoms with van der Waals surface area (Å²) in [6.07, 6.45) is 5.30. The number of hydrogen-bond acceptors (Lipinski definition) is 1. The molecule has 0 aliphatic heterocycles. The Morgan fingerprint density at radius 2 is 1.37 bits per heavy atom. The van der Waals surface area contributed by atoms with Crippen LogP contribution in [0.1, 0.15) is 95.9 Å². The fourth-order valence-electron chi connectivity index (χ4n) is 3.82. The van der Waals surface area contributed by atoms with E-state index in [4.69, 9.17) is 4.74 Å². The summed E-state index contributed by atoms with van der Waals surface area (Å²) in [7, 11) is 0. The molecule has 0 radical (unpaired) electrons. The van der Waals surface area contributed by atoms with Crippen LogP contribution in [-0.4, -0.2) is 6.61 Å². The van der Waals surface area contributed by atoms with Crippen molar-refractivity contribution in [1.29, 1.82) is 0 Å². The largest absolute Gasteiger partial charge is 0.371 e. The Morgan fingerprint density at radius 3 is 1.83 bits per heavy atom. The first-order valence-corrected chi connectivity index (χ1v) is 11.7. The second-order valence-corrected chi connectivity index (χ2v) is 9.58. The Morgan fingerprint density at radius 1 is 0.867 bits per heavy atom. The molecule has 0 aliphatic carbocycles. The molecule has 0 spiro atoms. The fourth-order valence-corrected chi connectivity index (χ4v) is 3.82. The molecule has 2 unspecified atom stereocenters. The summed E-state index contributed by atoms with van der Waals surface area (Å²) in [5.74, 6) is 1.10. The van der Waals surface area contributed by atoms with Gasteiger partial charge in [0.1, 0.15) is 0 Å². The first-order chi connectivity index (χ1) is 14.2. The van der Waals surface area contributed by atoms with E-state index in [1.807, 2.05) is 6.08 Å². The van der Waals surface area contributed by atoms with E-state index < -0.39 is 0 Å². The topological polar surface area (TPSA) is 9.23 Å². The highest BCUT2D eigenvalue weighted by Crippen LogP contribution is 2.35. The Hall–Kier alpha value is -1.86. The van der Waals surface area contributed by atoms with E-state index in [1.165, 1.54) is 28.7 Å². The van der Waals surface area contributed by atoms with Crippen molar-refractivity contribution >= 4 is 0 Å². The molecule has 30 heavy (non-hydrogen) atoms. The lowest BCUT2D eigenvalue weighted by atomic mass is 9.77. The molecule has 0 bridgehead atoms. The van der Waals surface area contributed by atoms with Gasteiger partial charge in [-0.15, -0.1) is 6.58 Å². The highest BCUT2D eigenvalue weighted by atomic mass is 16.5. The van der Waals surface area contributed by atoms with Crippen molar-refractivity contribution in [3.8, 4) is 0 Å². The van der Waals surface area contributed by atoms with Crippen LogP contribution in [0.3, 0.4) is 0 Å². The van der Waals surface area contributed by atoms with Crippen LogP contribution < -0.4 is 0 Å². The molecule has 0 aliphatic rings. The molecule has 2 aromatic rings. The van der Waals surface area contributed by atoms with Crippen molar-refractivity contribution in [3.63, 3.8) is 0 Å². The molecular formula is C29H42O. The predicted octanol–water partition coefficient (Wildman–Crippen LogP) is 8.38. The molecule has 0 saturated carbocycles. The van der Waals surface area contributed by atoms with Crippen LogP contribution in [0.15, 0.2) is 61.2 Å². The summed E-state index contributed by atoms with van der Waals surface area (Å²) in [5.41, 5.74) is 4.97. The molecular weight excluding hydrogens is 364 g/mol. The zero-order valence-corrected chi connectivity index (χ0v) is 20.3. The summed E-state index contributed by atoms with van der Waals surface area (Å²) in [6, 6.07) is 18.1. The van der Waals surface area contributed by atoms with Gasteiger partial charge < -0.3 is 4.74 Å². The fraction of sp³-hybridized carbons (Fsp3) is 0.517. The normalized spacial score (nSPS) is 16.0. The maximum atomic E-state index is 6.39. The van der Waals surface area contributed by atoms with Crippen LogP contribution in [0, 0.1) is 5.92 Å². The minimum atomic E-state index is -0.224. The lowest BCUT2D eigenvalue weighted by Crippen LogP contribution is -2.26. The van der Waals surface area contributed by atoms with Crippen molar-refractivity contribution in [2.45, 2.75) is 84.7 Å². The molecule has 164 valence electrons. The predicted molar refractivity (Wildman–Crippen MR) is 131 cm³/mol. The molecule has 2 aromatic carbocycles. The molecule has 0 saturated heterocycles. The standard InChI is InChI=1S/C29H42O/c1-9-22(4)20-21-30-29(8,11-3)27-18-16-26(17-19-27)28(6,7)25-14-12-24(13-15-25)23(5)10-2/h10,12-19,22-23H,2,9,11,20-21H2,1,3-8H3/t22?,23?,29-/m1/s1.